The van der Waals surface area contributed by atoms with Gasteiger partial charge in [0.05, 0.1) is 6.54 Å². The summed E-state index contributed by atoms with van der Waals surface area (Å²) in [5, 5.41) is 19.3. The van der Waals surface area contributed by atoms with Gasteiger partial charge in [-0.2, -0.15) is 9.83 Å². The van der Waals surface area contributed by atoms with Crippen LogP contribution in [0.25, 0.3) is 5.69 Å². The molecule has 0 bridgehead atoms. The van der Waals surface area contributed by atoms with Gasteiger partial charge in [-0.05, 0) is 49.8 Å². The standard InChI is InChI=1S/C23H24FN5O3/c24-19-5-1-2-6-20(19)29-13-9-21(26-29)25-14-17-7-10-23(11-8-17)16-28(22(30)32-23)18-4-3-12-27(31)15-18/h1-6,9,12-13,15,17H,7-8,10-11,14,16H2,(H,25,26). The Labute approximate surface area is 184 Å². The van der Waals surface area contributed by atoms with Crippen LogP contribution in [0.4, 0.5) is 20.7 Å². The predicted octanol–water partition coefficient (Wildman–Crippen LogP) is 3.64. The molecule has 2 aromatic heterocycles. The summed E-state index contributed by atoms with van der Waals surface area (Å²) in [6.07, 6.45) is 7.49. The number of pyridine rings is 1. The number of halogens is 1. The van der Waals surface area contributed by atoms with Crippen molar-refractivity contribution in [3.63, 3.8) is 0 Å². The number of nitrogens with zero attached hydrogens (tertiary/aromatic N) is 4. The van der Waals surface area contributed by atoms with Crippen molar-refractivity contribution in [2.24, 2.45) is 5.92 Å². The molecule has 8 nitrogen and oxygen atoms in total. The van der Waals surface area contributed by atoms with Crippen molar-refractivity contribution in [1.29, 1.82) is 0 Å². The summed E-state index contributed by atoms with van der Waals surface area (Å²) in [6, 6.07) is 11.7. The maximum atomic E-state index is 14.0. The van der Waals surface area contributed by atoms with Crippen LogP contribution in [-0.4, -0.2) is 34.6 Å². The van der Waals surface area contributed by atoms with Crippen LogP contribution in [0.15, 0.2) is 61.1 Å². The average Bonchev–Trinajstić information content (AvgIpc) is 3.38. The second kappa shape index (κ2) is 8.14. The molecule has 5 rings (SSSR count). The zero-order valence-corrected chi connectivity index (χ0v) is 17.5. The Kier molecular flexibility index (Phi) is 5.16. The molecule has 0 radical (unpaired) electrons. The highest BCUT2D eigenvalue weighted by atomic mass is 19.1. The van der Waals surface area contributed by atoms with Crippen molar-refractivity contribution < 1.29 is 18.7 Å². The summed E-state index contributed by atoms with van der Waals surface area (Å²) in [6.45, 7) is 1.21. The van der Waals surface area contributed by atoms with Crippen molar-refractivity contribution in [2.75, 3.05) is 23.3 Å². The molecule has 1 aromatic carbocycles. The number of rotatable bonds is 5. The van der Waals surface area contributed by atoms with E-state index in [0.29, 0.717) is 34.4 Å². The third-order valence-electron chi connectivity index (χ3n) is 6.32. The first kappa shape index (κ1) is 20.3. The molecule has 9 heteroatoms. The van der Waals surface area contributed by atoms with Crippen LogP contribution in [-0.2, 0) is 4.74 Å². The van der Waals surface area contributed by atoms with Crippen LogP contribution in [0.2, 0.25) is 0 Å². The van der Waals surface area contributed by atoms with Gasteiger partial charge in [0.1, 0.15) is 28.6 Å². The molecule has 32 heavy (non-hydrogen) atoms. The smallest absolute Gasteiger partial charge is 0.415 e. The third kappa shape index (κ3) is 3.98. The van der Waals surface area contributed by atoms with E-state index in [-0.39, 0.29) is 5.82 Å². The number of nitrogens with one attached hydrogen (secondary N) is 1. The average molecular weight is 437 g/mol. The molecule has 2 fully saturated rings. The predicted molar refractivity (Wildman–Crippen MR) is 116 cm³/mol. The number of para-hydroxylation sites is 1. The molecule has 3 heterocycles. The van der Waals surface area contributed by atoms with Gasteiger partial charge < -0.3 is 15.3 Å². The minimum absolute atomic E-state index is 0.319. The van der Waals surface area contributed by atoms with Gasteiger partial charge in [-0.1, -0.05) is 12.1 Å². The van der Waals surface area contributed by atoms with Crippen molar-refractivity contribution in [2.45, 2.75) is 31.3 Å². The topological polar surface area (TPSA) is 86.3 Å². The zero-order chi connectivity index (χ0) is 22.1. The number of hydrogen-bond acceptors (Lipinski definition) is 5. The number of aromatic nitrogens is 3. The maximum Gasteiger partial charge on any atom is 0.415 e. The summed E-state index contributed by atoms with van der Waals surface area (Å²) >= 11 is 0. The molecule has 1 spiro atoms. The fourth-order valence-electron chi connectivity index (χ4n) is 4.53. The highest BCUT2D eigenvalue weighted by Gasteiger charge is 2.48. The molecule has 3 aromatic rings. The van der Waals surface area contributed by atoms with Gasteiger partial charge in [-0.15, -0.1) is 0 Å². The van der Waals surface area contributed by atoms with Crippen molar-refractivity contribution in [1.82, 2.24) is 9.78 Å². The molecular formula is C23H24FN5O3. The van der Waals surface area contributed by atoms with E-state index in [2.05, 4.69) is 10.4 Å². The molecule has 0 unspecified atom stereocenters. The molecule has 0 atom stereocenters. The summed E-state index contributed by atoms with van der Waals surface area (Å²) in [5.41, 5.74) is 0.469. The van der Waals surface area contributed by atoms with Gasteiger partial charge in [-0.3, -0.25) is 4.90 Å². The van der Waals surface area contributed by atoms with Crippen molar-refractivity contribution in [3.8, 4) is 5.69 Å². The molecule has 1 amide bonds. The molecule has 166 valence electrons. The van der Waals surface area contributed by atoms with Gasteiger partial charge in [-0.25, -0.2) is 13.9 Å². The van der Waals surface area contributed by atoms with E-state index in [4.69, 9.17) is 4.74 Å². The number of carbonyl (C=O) groups excluding carboxylic acids is 1. The van der Waals surface area contributed by atoms with Gasteiger partial charge in [0.25, 0.3) is 0 Å². The van der Waals surface area contributed by atoms with Crippen molar-refractivity contribution in [3.05, 3.63) is 72.1 Å². The summed E-state index contributed by atoms with van der Waals surface area (Å²) < 4.78 is 21.9. The van der Waals surface area contributed by atoms with Gasteiger partial charge in [0, 0.05) is 24.9 Å². The number of hydrogen-bond donors (Lipinski definition) is 1. The Morgan fingerprint density at radius 2 is 2.03 bits per heavy atom. The molecule has 1 N–H and O–H groups in total. The number of benzene rings is 1. The van der Waals surface area contributed by atoms with Crippen LogP contribution >= 0.6 is 0 Å². The Morgan fingerprint density at radius 3 is 2.81 bits per heavy atom. The number of anilines is 2. The largest absolute Gasteiger partial charge is 0.619 e. The first-order chi connectivity index (χ1) is 15.5. The van der Waals surface area contributed by atoms with E-state index in [1.807, 2.05) is 6.07 Å². The molecule has 1 aliphatic heterocycles. The molecule has 1 aliphatic carbocycles. The van der Waals surface area contributed by atoms with Crippen LogP contribution < -0.4 is 14.9 Å². The summed E-state index contributed by atoms with van der Waals surface area (Å²) in [5.74, 6) is 0.801. The quantitative estimate of drug-likeness (QED) is 0.487. The minimum Gasteiger partial charge on any atom is -0.619 e. The summed E-state index contributed by atoms with van der Waals surface area (Å²) in [7, 11) is 0. The van der Waals surface area contributed by atoms with Crippen molar-refractivity contribution >= 4 is 17.6 Å². The molecule has 2 aliphatic rings. The minimum atomic E-state index is -0.496. The Hall–Kier alpha value is -3.62. The lowest BCUT2D eigenvalue weighted by molar-refractivity contribution is -0.604. The highest BCUT2D eigenvalue weighted by molar-refractivity contribution is 5.89. The fourth-order valence-corrected chi connectivity index (χ4v) is 4.53. The van der Waals surface area contributed by atoms with E-state index >= 15 is 0 Å². The van der Waals surface area contributed by atoms with E-state index < -0.39 is 11.7 Å². The van der Waals surface area contributed by atoms with Crippen LogP contribution in [0.5, 0.6) is 0 Å². The molecular weight excluding hydrogens is 413 g/mol. The van der Waals surface area contributed by atoms with E-state index in [0.717, 1.165) is 32.2 Å². The van der Waals surface area contributed by atoms with Crippen LogP contribution in [0.3, 0.4) is 0 Å². The van der Waals surface area contributed by atoms with Gasteiger partial charge in [0.15, 0.2) is 6.20 Å². The van der Waals surface area contributed by atoms with Crippen LogP contribution in [0.1, 0.15) is 25.7 Å². The number of carbonyl (C=O) groups is 1. The first-order valence-electron chi connectivity index (χ1n) is 10.8. The summed E-state index contributed by atoms with van der Waals surface area (Å²) in [4.78, 5) is 14.0. The Morgan fingerprint density at radius 1 is 1.22 bits per heavy atom. The van der Waals surface area contributed by atoms with Gasteiger partial charge >= 0.3 is 6.09 Å². The fraction of sp³-hybridized carbons (Fsp3) is 0.348. The number of ether oxygens (including phenoxy) is 1. The lowest BCUT2D eigenvalue weighted by Crippen LogP contribution is -2.40. The SMILES string of the molecule is O=C1OC2(CCC(CNc3ccn(-c4ccccc4F)n3)CC2)CN1c1ccc[n+]([O-])c1. The van der Waals surface area contributed by atoms with Crippen LogP contribution in [0, 0.1) is 16.9 Å². The van der Waals surface area contributed by atoms with E-state index in [9.17, 15) is 14.4 Å². The Bertz CT molecular complexity index is 1130. The van der Waals surface area contributed by atoms with E-state index in [1.54, 1.807) is 41.4 Å². The lowest BCUT2D eigenvalue weighted by atomic mass is 9.78. The second-order valence-electron chi connectivity index (χ2n) is 8.48. The lowest BCUT2D eigenvalue weighted by Gasteiger charge is -2.35. The number of amides is 1. The van der Waals surface area contributed by atoms with E-state index in [1.165, 1.54) is 23.1 Å². The Balaban J connectivity index is 1.16. The monoisotopic (exact) mass is 437 g/mol. The molecule has 1 saturated carbocycles. The third-order valence-corrected chi connectivity index (χ3v) is 6.32. The second-order valence-corrected chi connectivity index (χ2v) is 8.48. The molecule has 1 saturated heterocycles. The first-order valence-corrected chi connectivity index (χ1v) is 10.8. The normalized spacial score (nSPS) is 22.8. The van der Waals surface area contributed by atoms with Gasteiger partial charge in [0.2, 0.25) is 6.20 Å². The zero-order valence-electron chi connectivity index (χ0n) is 17.5. The maximum absolute atomic E-state index is 14.0. The highest BCUT2D eigenvalue weighted by Crippen LogP contribution is 2.40.